The Morgan fingerprint density at radius 2 is 1.42 bits per heavy atom. The largest absolute Gasteiger partial charge is 0.220 e. The molecule has 2 rings (SSSR count). The quantitative estimate of drug-likeness (QED) is 0.701. The lowest BCUT2D eigenvalue weighted by atomic mass is 9.95. The van der Waals surface area contributed by atoms with Crippen molar-refractivity contribution in [1.29, 1.82) is 0 Å². The van der Waals surface area contributed by atoms with E-state index < -0.39 is 0 Å². The second-order valence-corrected chi connectivity index (χ2v) is 5.98. The molecule has 1 aromatic carbocycles. The maximum absolute atomic E-state index is 12.9. The molecule has 0 N–H and O–H groups in total. The van der Waals surface area contributed by atoms with Gasteiger partial charge in [0.1, 0.15) is 21.9 Å². The first-order valence-electron chi connectivity index (χ1n) is 5.78. The molecule has 0 fully saturated rings. The van der Waals surface area contributed by atoms with Crippen molar-refractivity contribution in [3.05, 3.63) is 46.2 Å². The third-order valence-corrected chi connectivity index (χ3v) is 3.17. The first-order chi connectivity index (χ1) is 8.79. The fraction of sp³-hybridized carbons (Fsp3) is 0.286. The molecule has 0 amide bonds. The van der Waals surface area contributed by atoms with E-state index in [4.69, 9.17) is 23.2 Å². The zero-order valence-corrected chi connectivity index (χ0v) is 12.3. The second-order valence-electron chi connectivity index (χ2n) is 5.26. The van der Waals surface area contributed by atoms with Gasteiger partial charge in [-0.3, -0.25) is 0 Å². The second kappa shape index (κ2) is 5.06. The van der Waals surface area contributed by atoms with E-state index in [1.54, 1.807) is 12.1 Å². The van der Waals surface area contributed by atoms with Gasteiger partial charge < -0.3 is 0 Å². The lowest BCUT2D eigenvalue weighted by molar-refractivity contribution is 0.545. The zero-order valence-electron chi connectivity index (χ0n) is 10.8. The van der Waals surface area contributed by atoms with Crippen LogP contribution in [0.2, 0.25) is 10.3 Å². The molecule has 0 saturated heterocycles. The van der Waals surface area contributed by atoms with Gasteiger partial charge in [-0.2, -0.15) is 0 Å². The predicted octanol–water partition coefficient (Wildman–Crippen LogP) is 4.89. The van der Waals surface area contributed by atoms with Crippen LogP contribution in [0.1, 0.15) is 26.6 Å². The molecular weight excluding hydrogens is 286 g/mol. The first kappa shape index (κ1) is 14.2. The SMILES string of the molecule is CC(C)(C)c1nc(Cl)c(-c2ccc(F)cc2)c(Cl)n1. The summed E-state index contributed by atoms with van der Waals surface area (Å²) >= 11 is 12.4. The Bertz CT molecular complexity index is 581. The molecule has 2 aromatic rings. The molecule has 0 aliphatic rings. The summed E-state index contributed by atoms with van der Waals surface area (Å²) < 4.78 is 12.9. The van der Waals surface area contributed by atoms with Crippen LogP contribution in [-0.4, -0.2) is 9.97 Å². The van der Waals surface area contributed by atoms with E-state index in [1.165, 1.54) is 12.1 Å². The molecular formula is C14H13Cl2FN2. The Hall–Kier alpha value is -1.19. The van der Waals surface area contributed by atoms with Crippen LogP contribution in [0.5, 0.6) is 0 Å². The van der Waals surface area contributed by atoms with Crippen LogP contribution in [-0.2, 0) is 5.41 Å². The van der Waals surface area contributed by atoms with Crippen molar-refractivity contribution in [3.63, 3.8) is 0 Å². The third kappa shape index (κ3) is 3.04. The maximum Gasteiger partial charge on any atom is 0.142 e. The average Bonchev–Trinajstić information content (AvgIpc) is 2.29. The Kier molecular flexibility index (Phi) is 3.79. The highest BCUT2D eigenvalue weighted by molar-refractivity contribution is 6.37. The van der Waals surface area contributed by atoms with Crippen molar-refractivity contribution in [3.8, 4) is 11.1 Å². The van der Waals surface area contributed by atoms with Gasteiger partial charge in [0.15, 0.2) is 0 Å². The fourth-order valence-electron chi connectivity index (χ4n) is 1.60. The Balaban J connectivity index is 2.57. The summed E-state index contributed by atoms with van der Waals surface area (Å²) in [6.45, 7) is 5.94. The van der Waals surface area contributed by atoms with E-state index >= 15 is 0 Å². The minimum Gasteiger partial charge on any atom is -0.220 e. The fourth-order valence-corrected chi connectivity index (χ4v) is 2.20. The van der Waals surface area contributed by atoms with Crippen LogP contribution in [0.3, 0.4) is 0 Å². The number of aromatic nitrogens is 2. The summed E-state index contributed by atoms with van der Waals surface area (Å²) in [5, 5.41) is 0.549. The zero-order chi connectivity index (χ0) is 14.2. The van der Waals surface area contributed by atoms with Gasteiger partial charge >= 0.3 is 0 Å². The summed E-state index contributed by atoms with van der Waals surface area (Å²) in [5.74, 6) is 0.261. The Labute approximate surface area is 121 Å². The molecule has 19 heavy (non-hydrogen) atoms. The molecule has 0 bridgehead atoms. The molecule has 0 saturated carbocycles. The van der Waals surface area contributed by atoms with Gasteiger partial charge in [-0.05, 0) is 17.7 Å². The number of hydrogen-bond acceptors (Lipinski definition) is 2. The molecule has 2 nitrogen and oxygen atoms in total. The van der Waals surface area contributed by atoms with Gasteiger partial charge in [-0.15, -0.1) is 0 Å². The van der Waals surface area contributed by atoms with Crippen LogP contribution < -0.4 is 0 Å². The molecule has 1 aromatic heterocycles. The number of rotatable bonds is 1. The monoisotopic (exact) mass is 298 g/mol. The van der Waals surface area contributed by atoms with Crippen molar-refractivity contribution in [2.45, 2.75) is 26.2 Å². The molecule has 5 heteroatoms. The summed E-state index contributed by atoms with van der Waals surface area (Å²) in [6, 6.07) is 5.89. The molecule has 0 atom stereocenters. The van der Waals surface area contributed by atoms with Gasteiger partial charge in [0.25, 0.3) is 0 Å². The van der Waals surface area contributed by atoms with Crippen LogP contribution in [0.4, 0.5) is 4.39 Å². The van der Waals surface area contributed by atoms with Gasteiger partial charge in [0.2, 0.25) is 0 Å². The maximum atomic E-state index is 12.9. The summed E-state index contributed by atoms with van der Waals surface area (Å²) in [7, 11) is 0. The molecule has 1 heterocycles. The lowest BCUT2D eigenvalue weighted by Gasteiger charge is -2.18. The van der Waals surface area contributed by atoms with Crippen LogP contribution in [0.25, 0.3) is 11.1 Å². The van der Waals surface area contributed by atoms with E-state index in [9.17, 15) is 4.39 Å². The van der Waals surface area contributed by atoms with Crippen molar-refractivity contribution < 1.29 is 4.39 Å². The highest BCUT2D eigenvalue weighted by Crippen LogP contribution is 2.34. The van der Waals surface area contributed by atoms with Gasteiger partial charge in [-0.1, -0.05) is 56.1 Å². The molecule has 0 aliphatic heterocycles. The third-order valence-electron chi connectivity index (χ3n) is 2.62. The number of benzene rings is 1. The smallest absolute Gasteiger partial charge is 0.142 e. The first-order valence-corrected chi connectivity index (χ1v) is 6.54. The van der Waals surface area contributed by atoms with Crippen LogP contribution >= 0.6 is 23.2 Å². The van der Waals surface area contributed by atoms with E-state index in [0.29, 0.717) is 17.0 Å². The highest BCUT2D eigenvalue weighted by atomic mass is 35.5. The molecule has 0 radical (unpaired) electrons. The van der Waals surface area contributed by atoms with Gasteiger partial charge in [0.05, 0.1) is 5.56 Å². The minimum atomic E-state index is -0.316. The average molecular weight is 299 g/mol. The summed E-state index contributed by atoms with van der Waals surface area (Å²) in [6.07, 6.45) is 0. The predicted molar refractivity (Wildman–Crippen MR) is 76.1 cm³/mol. The Morgan fingerprint density at radius 1 is 0.947 bits per heavy atom. The number of nitrogens with zero attached hydrogens (tertiary/aromatic N) is 2. The molecule has 0 spiro atoms. The normalized spacial score (nSPS) is 11.7. The Morgan fingerprint density at radius 3 is 1.84 bits per heavy atom. The van der Waals surface area contributed by atoms with Gasteiger partial charge in [-0.25, -0.2) is 14.4 Å². The molecule has 100 valence electrons. The van der Waals surface area contributed by atoms with Crippen molar-refractivity contribution in [2.75, 3.05) is 0 Å². The number of halogens is 3. The highest BCUT2D eigenvalue weighted by Gasteiger charge is 2.21. The molecule has 0 aliphatic carbocycles. The van der Waals surface area contributed by atoms with E-state index in [1.807, 2.05) is 20.8 Å². The lowest BCUT2D eigenvalue weighted by Crippen LogP contribution is -2.16. The van der Waals surface area contributed by atoms with Crippen molar-refractivity contribution in [2.24, 2.45) is 0 Å². The van der Waals surface area contributed by atoms with Crippen molar-refractivity contribution >= 4 is 23.2 Å². The standard InChI is InChI=1S/C14H13Cl2FN2/c1-14(2,3)13-18-11(15)10(12(16)19-13)8-4-6-9(17)7-5-8/h4-7H,1-3H3. The number of hydrogen-bond donors (Lipinski definition) is 0. The van der Waals surface area contributed by atoms with Crippen LogP contribution in [0.15, 0.2) is 24.3 Å². The summed E-state index contributed by atoms with van der Waals surface area (Å²) in [4.78, 5) is 8.56. The van der Waals surface area contributed by atoms with Gasteiger partial charge in [0, 0.05) is 5.41 Å². The topological polar surface area (TPSA) is 25.8 Å². The van der Waals surface area contributed by atoms with E-state index in [-0.39, 0.29) is 21.5 Å². The van der Waals surface area contributed by atoms with Crippen molar-refractivity contribution in [1.82, 2.24) is 9.97 Å². The molecule has 0 unspecified atom stereocenters. The summed E-state index contributed by atoms with van der Waals surface area (Å²) in [5.41, 5.74) is 0.974. The van der Waals surface area contributed by atoms with E-state index in [2.05, 4.69) is 9.97 Å². The van der Waals surface area contributed by atoms with Crippen LogP contribution in [0, 0.1) is 5.82 Å². The minimum absolute atomic E-state index is 0.241. The van der Waals surface area contributed by atoms with E-state index in [0.717, 1.165) is 0 Å².